The van der Waals surface area contributed by atoms with Gasteiger partial charge in [-0.25, -0.2) is 8.42 Å². The highest BCUT2D eigenvalue weighted by Crippen LogP contribution is 2.30. The van der Waals surface area contributed by atoms with Gasteiger partial charge in [-0.3, -0.25) is 4.79 Å². The van der Waals surface area contributed by atoms with Crippen LogP contribution < -0.4 is 10.1 Å². The van der Waals surface area contributed by atoms with E-state index in [9.17, 15) is 13.2 Å². The molecule has 1 heterocycles. The summed E-state index contributed by atoms with van der Waals surface area (Å²) in [6.45, 7) is 2.62. The minimum atomic E-state index is -3.83. The van der Waals surface area contributed by atoms with Crippen LogP contribution in [0.4, 0.5) is 0 Å². The molecule has 1 aliphatic rings. The summed E-state index contributed by atoms with van der Waals surface area (Å²) in [5.74, 6) is -0.317. The molecule has 1 atom stereocenters. The Kier molecular flexibility index (Phi) is 7.60. The second-order valence-corrected chi connectivity index (χ2v) is 9.52. The Balaban J connectivity index is 1.69. The van der Waals surface area contributed by atoms with E-state index in [0.29, 0.717) is 18.2 Å². The molecule has 0 spiro atoms. The van der Waals surface area contributed by atoms with E-state index < -0.39 is 10.0 Å². The molecule has 1 fully saturated rings. The van der Waals surface area contributed by atoms with Gasteiger partial charge in [-0.15, -0.1) is 0 Å². The van der Waals surface area contributed by atoms with E-state index in [1.165, 1.54) is 22.5 Å². The van der Waals surface area contributed by atoms with Crippen molar-refractivity contribution in [2.75, 3.05) is 32.9 Å². The Morgan fingerprint density at radius 1 is 1.13 bits per heavy atom. The Hall–Kier alpha value is -1.84. The largest absolute Gasteiger partial charge is 0.482 e. The molecule has 2 aromatic rings. The molecule has 1 N–H and O–H groups in total. The molecule has 2 aromatic carbocycles. The van der Waals surface area contributed by atoms with Gasteiger partial charge in [-0.05, 0) is 42.8 Å². The maximum atomic E-state index is 13.0. The molecule has 1 saturated heterocycles. The number of amides is 1. The topological polar surface area (TPSA) is 84.9 Å². The van der Waals surface area contributed by atoms with E-state index in [-0.39, 0.29) is 47.3 Å². The maximum absolute atomic E-state index is 13.0. The number of ether oxygens (including phenoxy) is 2. The van der Waals surface area contributed by atoms with Crippen molar-refractivity contribution in [1.29, 1.82) is 0 Å². The van der Waals surface area contributed by atoms with Gasteiger partial charge in [0.1, 0.15) is 10.6 Å². The van der Waals surface area contributed by atoms with E-state index in [0.717, 1.165) is 5.56 Å². The van der Waals surface area contributed by atoms with Gasteiger partial charge < -0.3 is 14.8 Å². The van der Waals surface area contributed by atoms with Gasteiger partial charge in [0.2, 0.25) is 10.0 Å². The van der Waals surface area contributed by atoms with Crippen LogP contribution in [-0.2, 0) is 19.6 Å². The van der Waals surface area contributed by atoms with Crippen molar-refractivity contribution in [3.8, 4) is 5.75 Å². The first-order chi connectivity index (χ1) is 14.3. The summed E-state index contributed by atoms with van der Waals surface area (Å²) in [5.41, 5.74) is 0.884. The fourth-order valence-electron chi connectivity index (χ4n) is 2.99. The van der Waals surface area contributed by atoms with E-state index >= 15 is 0 Å². The van der Waals surface area contributed by atoms with Gasteiger partial charge >= 0.3 is 0 Å². The zero-order valence-electron chi connectivity index (χ0n) is 16.3. The normalized spacial score (nSPS) is 16.1. The average molecular weight is 473 g/mol. The van der Waals surface area contributed by atoms with Gasteiger partial charge in [-0.1, -0.05) is 35.3 Å². The Labute approximate surface area is 185 Å². The Bertz CT molecular complexity index is 993. The van der Waals surface area contributed by atoms with E-state index in [2.05, 4.69) is 5.32 Å². The highest BCUT2D eigenvalue weighted by atomic mass is 35.5. The molecule has 0 bridgehead atoms. The van der Waals surface area contributed by atoms with Crippen LogP contribution in [0.2, 0.25) is 10.0 Å². The van der Waals surface area contributed by atoms with Crippen LogP contribution in [0.15, 0.2) is 47.4 Å². The number of nitrogens with one attached hydrogen (secondary N) is 1. The second-order valence-electron chi connectivity index (χ2n) is 6.74. The molecule has 3 rings (SSSR count). The van der Waals surface area contributed by atoms with E-state index in [4.69, 9.17) is 32.7 Å². The summed E-state index contributed by atoms with van der Waals surface area (Å²) in [6.07, 6.45) is 0. The number of carbonyl (C=O) groups excluding carboxylic acids is 1. The Morgan fingerprint density at radius 3 is 2.43 bits per heavy atom. The van der Waals surface area contributed by atoms with Crippen molar-refractivity contribution in [2.45, 2.75) is 17.9 Å². The van der Waals surface area contributed by atoms with Crippen molar-refractivity contribution < 1.29 is 22.7 Å². The van der Waals surface area contributed by atoms with Gasteiger partial charge in [0, 0.05) is 23.1 Å². The summed E-state index contributed by atoms with van der Waals surface area (Å²) in [4.78, 5) is 12.3. The zero-order chi connectivity index (χ0) is 21.7. The summed E-state index contributed by atoms with van der Waals surface area (Å²) >= 11 is 11.9. The minimum Gasteiger partial charge on any atom is -0.482 e. The molecule has 0 saturated carbocycles. The van der Waals surface area contributed by atoms with Crippen LogP contribution in [0, 0.1) is 0 Å². The molecular formula is C20H22Cl2N2O5S. The molecule has 7 nitrogen and oxygen atoms in total. The summed E-state index contributed by atoms with van der Waals surface area (Å²) < 4.78 is 38.1. The zero-order valence-corrected chi connectivity index (χ0v) is 18.6. The van der Waals surface area contributed by atoms with Crippen LogP contribution >= 0.6 is 23.2 Å². The number of sulfonamides is 1. The number of hydrogen-bond acceptors (Lipinski definition) is 5. The predicted molar refractivity (Wildman–Crippen MR) is 115 cm³/mol. The highest BCUT2D eigenvalue weighted by molar-refractivity contribution is 7.89. The fraction of sp³-hybridized carbons (Fsp3) is 0.350. The molecule has 162 valence electrons. The third-order valence-corrected chi connectivity index (χ3v) is 7.01. The first-order valence-corrected chi connectivity index (χ1v) is 11.5. The molecule has 1 aliphatic heterocycles. The lowest BCUT2D eigenvalue weighted by atomic mass is 10.1. The third-order valence-electron chi connectivity index (χ3n) is 4.60. The second kappa shape index (κ2) is 9.98. The van der Waals surface area contributed by atoms with Gasteiger partial charge in [0.05, 0.1) is 19.3 Å². The number of nitrogens with zero attached hydrogens (tertiary/aromatic N) is 1. The van der Waals surface area contributed by atoms with Crippen molar-refractivity contribution in [1.82, 2.24) is 9.62 Å². The summed E-state index contributed by atoms with van der Waals surface area (Å²) in [5, 5.41) is 3.68. The lowest BCUT2D eigenvalue weighted by molar-refractivity contribution is -0.123. The van der Waals surface area contributed by atoms with Crippen molar-refractivity contribution in [3.63, 3.8) is 0 Å². The first kappa shape index (κ1) is 22.8. The van der Waals surface area contributed by atoms with Crippen LogP contribution in [0.1, 0.15) is 18.5 Å². The number of hydrogen-bond donors (Lipinski definition) is 1. The molecule has 0 aromatic heterocycles. The number of carbonyl (C=O) groups is 1. The fourth-order valence-corrected chi connectivity index (χ4v) is 4.92. The SMILES string of the molecule is CC(NC(=O)COc1ccc(Cl)cc1S(=O)(=O)N1CCOCC1)c1ccc(Cl)cc1. The average Bonchev–Trinajstić information content (AvgIpc) is 2.74. The van der Waals surface area contributed by atoms with Crippen molar-refractivity contribution in [3.05, 3.63) is 58.1 Å². The lowest BCUT2D eigenvalue weighted by Gasteiger charge is -2.27. The maximum Gasteiger partial charge on any atom is 0.258 e. The smallest absolute Gasteiger partial charge is 0.258 e. The molecule has 0 radical (unpaired) electrons. The summed E-state index contributed by atoms with van der Waals surface area (Å²) in [7, 11) is -3.83. The molecular weight excluding hydrogens is 451 g/mol. The third kappa shape index (κ3) is 5.65. The van der Waals surface area contributed by atoms with E-state index in [1.807, 2.05) is 19.1 Å². The minimum absolute atomic E-state index is 0.0696. The van der Waals surface area contributed by atoms with Crippen LogP contribution in [0.25, 0.3) is 0 Å². The summed E-state index contributed by atoms with van der Waals surface area (Å²) in [6, 6.07) is 11.2. The molecule has 30 heavy (non-hydrogen) atoms. The standard InChI is InChI=1S/C20H22Cl2N2O5S/c1-14(15-2-4-16(21)5-3-15)23-20(25)13-29-18-7-6-17(22)12-19(18)30(26,27)24-8-10-28-11-9-24/h2-7,12,14H,8-11,13H2,1H3,(H,23,25). The van der Waals surface area contributed by atoms with Crippen LogP contribution in [0.3, 0.4) is 0 Å². The highest BCUT2D eigenvalue weighted by Gasteiger charge is 2.29. The van der Waals surface area contributed by atoms with Gasteiger partial charge in [0.25, 0.3) is 5.91 Å². The quantitative estimate of drug-likeness (QED) is 0.668. The van der Waals surface area contributed by atoms with Crippen molar-refractivity contribution >= 4 is 39.1 Å². The van der Waals surface area contributed by atoms with Gasteiger partial charge in [0.15, 0.2) is 6.61 Å². The van der Waals surface area contributed by atoms with Crippen LogP contribution in [-0.4, -0.2) is 51.5 Å². The molecule has 1 amide bonds. The van der Waals surface area contributed by atoms with E-state index in [1.54, 1.807) is 12.1 Å². The Morgan fingerprint density at radius 2 is 1.77 bits per heavy atom. The molecule has 1 unspecified atom stereocenters. The number of rotatable bonds is 7. The molecule has 0 aliphatic carbocycles. The first-order valence-electron chi connectivity index (χ1n) is 9.32. The lowest BCUT2D eigenvalue weighted by Crippen LogP contribution is -2.40. The number of morpholine rings is 1. The van der Waals surface area contributed by atoms with Gasteiger partial charge in [-0.2, -0.15) is 4.31 Å². The predicted octanol–water partition coefficient (Wildman–Crippen LogP) is 3.27. The number of halogens is 2. The monoisotopic (exact) mass is 472 g/mol. The van der Waals surface area contributed by atoms with Crippen LogP contribution in [0.5, 0.6) is 5.75 Å². The molecule has 10 heteroatoms. The van der Waals surface area contributed by atoms with Crippen molar-refractivity contribution in [2.24, 2.45) is 0 Å². The number of benzene rings is 2.